The lowest BCUT2D eigenvalue weighted by Gasteiger charge is -2.10. The summed E-state index contributed by atoms with van der Waals surface area (Å²) in [7, 11) is 0. The lowest BCUT2D eigenvalue weighted by atomic mass is 10.0. The zero-order valence-corrected chi connectivity index (χ0v) is 19.2. The summed E-state index contributed by atoms with van der Waals surface area (Å²) in [6.45, 7) is 0. The SMILES string of the molecule is Brc1cccc(-c2ccc3c(c2)c2ccccc2n3-c2cccc3oc4ccccc4c23)c1. The Bertz CT molecular complexity index is 1840. The van der Waals surface area contributed by atoms with Gasteiger partial charge in [-0.3, -0.25) is 0 Å². The topological polar surface area (TPSA) is 18.1 Å². The summed E-state index contributed by atoms with van der Waals surface area (Å²) in [5.74, 6) is 0. The molecule has 7 rings (SSSR count). The molecule has 0 spiro atoms. The van der Waals surface area contributed by atoms with Crippen LogP contribution in [0, 0.1) is 0 Å². The molecular formula is C30H18BrNO. The van der Waals surface area contributed by atoms with Gasteiger partial charge in [-0.25, -0.2) is 0 Å². The highest BCUT2D eigenvalue weighted by Gasteiger charge is 2.17. The highest BCUT2D eigenvalue weighted by Crippen LogP contribution is 2.39. The maximum absolute atomic E-state index is 6.19. The molecule has 0 saturated heterocycles. The van der Waals surface area contributed by atoms with Crippen LogP contribution in [0.1, 0.15) is 0 Å². The zero-order valence-electron chi connectivity index (χ0n) is 17.6. The molecule has 2 nitrogen and oxygen atoms in total. The lowest BCUT2D eigenvalue weighted by Crippen LogP contribution is -1.94. The smallest absolute Gasteiger partial charge is 0.137 e. The van der Waals surface area contributed by atoms with Crippen LogP contribution >= 0.6 is 15.9 Å². The van der Waals surface area contributed by atoms with Gasteiger partial charge in [-0.15, -0.1) is 0 Å². The molecule has 7 aromatic rings. The summed E-state index contributed by atoms with van der Waals surface area (Å²) < 4.78 is 9.64. The molecule has 0 N–H and O–H groups in total. The average molecular weight is 488 g/mol. The van der Waals surface area contributed by atoms with E-state index in [2.05, 4.69) is 118 Å². The first-order valence-electron chi connectivity index (χ1n) is 11.0. The summed E-state index contributed by atoms with van der Waals surface area (Å²) in [6, 6.07) is 38.5. The lowest BCUT2D eigenvalue weighted by molar-refractivity contribution is 0.669. The molecule has 33 heavy (non-hydrogen) atoms. The van der Waals surface area contributed by atoms with E-state index in [1.165, 1.54) is 32.9 Å². The van der Waals surface area contributed by atoms with Crippen molar-refractivity contribution in [1.29, 1.82) is 0 Å². The van der Waals surface area contributed by atoms with Crippen LogP contribution in [0.4, 0.5) is 0 Å². The summed E-state index contributed by atoms with van der Waals surface area (Å²) in [4.78, 5) is 0. The minimum atomic E-state index is 0.908. The van der Waals surface area contributed by atoms with E-state index in [4.69, 9.17) is 4.42 Å². The molecule has 2 aromatic heterocycles. The van der Waals surface area contributed by atoms with Crippen LogP contribution < -0.4 is 0 Å². The number of rotatable bonds is 2. The third kappa shape index (κ3) is 2.79. The maximum atomic E-state index is 6.19. The molecule has 0 amide bonds. The Hall–Kier alpha value is -3.82. The number of furan rings is 1. The van der Waals surface area contributed by atoms with Gasteiger partial charge in [0.15, 0.2) is 0 Å². The number of para-hydroxylation sites is 2. The van der Waals surface area contributed by atoms with Crippen molar-refractivity contribution >= 4 is 59.7 Å². The summed E-state index contributed by atoms with van der Waals surface area (Å²) in [5, 5.41) is 4.77. The van der Waals surface area contributed by atoms with Crippen LogP contribution in [0.5, 0.6) is 0 Å². The first kappa shape index (κ1) is 18.7. The van der Waals surface area contributed by atoms with E-state index in [0.29, 0.717) is 0 Å². The van der Waals surface area contributed by atoms with Crippen molar-refractivity contribution < 1.29 is 4.42 Å². The van der Waals surface area contributed by atoms with Gasteiger partial charge in [0.1, 0.15) is 11.2 Å². The number of aromatic nitrogens is 1. The molecule has 0 fully saturated rings. The van der Waals surface area contributed by atoms with E-state index in [1.54, 1.807) is 0 Å². The van der Waals surface area contributed by atoms with Gasteiger partial charge in [-0.2, -0.15) is 0 Å². The molecule has 0 aliphatic carbocycles. The number of fused-ring (bicyclic) bond motifs is 6. The Morgan fingerprint density at radius 3 is 2.18 bits per heavy atom. The van der Waals surface area contributed by atoms with Gasteiger partial charge in [0.05, 0.1) is 22.1 Å². The van der Waals surface area contributed by atoms with Gasteiger partial charge < -0.3 is 8.98 Å². The van der Waals surface area contributed by atoms with Crippen LogP contribution in [0.15, 0.2) is 118 Å². The zero-order chi connectivity index (χ0) is 21.9. The summed E-state index contributed by atoms with van der Waals surface area (Å²) in [5.41, 5.74) is 7.75. The quantitative estimate of drug-likeness (QED) is 0.237. The Labute approximate surface area is 198 Å². The van der Waals surface area contributed by atoms with E-state index in [1.807, 2.05) is 12.1 Å². The third-order valence-electron chi connectivity index (χ3n) is 6.45. The van der Waals surface area contributed by atoms with E-state index in [0.717, 1.165) is 32.1 Å². The molecule has 0 bridgehead atoms. The molecule has 0 aliphatic rings. The van der Waals surface area contributed by atoms with Gasteiger partial charge in [0.25, 0.3) is 0 Å². The van der Waals surface area contributed by atoms with Crippen molar-refractivity contribution in [2.24, 2.45) is 0 Å². The number of benzene rings is 5. The van der Waals surface area contributed by atoms with Crippen LogP contribution in [0.2, 0.25) is 0 Å². The summed E-state index contributed by atoms with van der Waals surface area (Å²) >= 11 is 3.61. The predicted octanol–water partition coefficient (Wildman–Crippen LogP) is 9.11. The predicted molar refractivity (Wildman–Crippen MR) is 141 cm³/mol. The Kier molecular flexibility index (Phi) is 4.02. The van der Waals surface area contributed by atoms with E-state index in [9.17, 15) is 0 Å². The Morgan fingerprint density at radius 2 is 1.27 bits per heavy atom. The Balaban J connectivity index is 1.59. The average Bonchev–Trinajstić information content (AvgIpc) is 3.39. The van der Waals surface area contributed by atoms with Crippen molar-refractivity contribution in [3.05, 3.63) is 114 Å². The van der Waals surface area contributed by atoms with Crippen molar-refractivity contribution in [1.82, 2.24) is 4.57 Å². The second-order valence-electron chi connectivity index (χ2n) is 8.34. The molecule has 0 atom stereocenters. The molecule has 5 aromatic carbocycles. The van der Waals surface area contributed by atoms with Gasteiger partial charge in [-0.05, 0) is 59.7 Å². The van der Waals surface area contributed by atoms with E-state index in [-0.39, 0.29) is 0 Å². The van der Waals surface area contributed by atoms with Gasteiger partial charge >= 0.3 is 0 Å². The standard InChI is InChI=1S/C30H18BrNO/c31-21-8-5-7-19(17-21)20-15-16-26-24(18-20)22-9-1-3-11-25(22)32(26)27-12-6-14-29-30(27)23-10-2-4-13-28(23)33-29/h1-18H. The number of halogens is 1. The fourth-order valence-corrected chi connectivity index (χ4v) is 5.42. The third-order valence-corrected chi connectivity index (χ3v) is 6.95. The molecule has 0 aliphatic heterocycles. The van der Waals surface area contributed by atoms with Crippen LogP contribution in [-0.2, 0) is 0 Å². The van der Waals surface area contributed by atoms with Crippen molar-refractivity contribution in [2.45, 2.75) is 0 Å². The van der Waals surface area contributed by atoms with Crippen LogP contribution in [-0.4, -0.2) is 4.57 Å². The molecular weight excluding hydrogens is 470 g/mol. The van der Waals surface area contributed by atoms with Gasteiger partial charge in [0, 0.05) is 20.6 Å². The minimum absolute atomic E-state index is 0.908. The largest absolute Gasteiger partial charge is 0.456 e. The minimum Gasteiger partial charge on any atom is -0.456 e. The monoisotopic (exact) mass is 487 g/mol. The van der Waals surface area contributed by atoms with Crippen molar-refractivity contribution in [2.75, 3.05) is 0 Å². The first-order valence-corrected chi connectivity index (χ1v) is 11.8. The van der Waals surface area contributed by atoms with Crippen molar-refractivity contribution in [3.8, 4) is 16.8 Å². The molecule has 0 radical (unpaired) electrons. The number of nitrogens with zero attached hydrogens (tertiary/aromatic N) is 1. The summed E-state index contributed by atoms with van der Waals surface area (Å²) in [6.07, 6.45) is 0. The second kappa shape index (κ2) is 7.09. The van der Waals surface area contributed by atoms with Gasteiger partial charge in [0.2, 0.25) is 0 Å². The molecule has 3 heteroatoms. The Morgan fingerprint density at radius 1 is 0.545 bits per heavy atom. The highest BCUT2D eigenvalue weighted by molar-refractivity contribution is 9.10. The normalized spacial score (nSPS) is 11.8. The van der Waals surface area contributed by atoms with E-state index < -0.39 is 0 Å². The fraction of sp³-hybridized carbons (Fsp3) is 0. The molecule has 0 unspecified atom stereocenters. The highest BCUT2D eigenvalue weighted by atomic mass is 79.9. The fourth-order valence-electron chi connectivity index (χ4n) is 5.02. The molecule has 0 saturated carbocycles. The van der Waals surface area contributed by atoms with E-state index >= 15 is 0 Å². The molecule has 156 valence electrons. The number of hydrogen-bond acceptors (Lipinski definition) is 1. The van der Waals surface area contributed by atoms with Crippen LogP contribution in [0.25, 0.3) is 60.6 Å². The van der Waals surface area contributed by atoms with Gasteiger partial charge in [-0.1, -0.05) is 76.6 Å². The van der Waals surface area contributed by atoms with Crippen molar-refractivity contribution in [3.63, 3.8) is 0 Å². The maximum Gasteiger partial charge on any atom is 0.137 e. The second-order valence-corrected chi connectivity index (χ2v) is 9.26. The molecule has 2 heterocycles. The van der Waals surface area contributed by atoms with Crippen LogP contribution in [0.3, 0.4) is 0 Å². The first-order chi connectivity index (χ1) is 16.3. The number of hydrogen-bond donors (Lipinski definition) is 0.